The van der Waals surface area contributed by atoms with Crippen LogP contribution in [0.2, 0.25) is 5.15 Å². The third-order valence-corrected chi connectivity index (χ3v) is 6.75. The van der Waals surface area contributed by atoms with E-state index in [0.717, 1.165) is 16.5 Å². The number of hydrazone groups is 1. The Hall–Kier alpha value is -2.55. The van der Waals surface area contributed by atoms with E-state index in [9.17, 15) is 8.42 Å². The molecule has 29 heavy (non-hydrogen) atoms. The molecule has 3 aromatic rings. The van der Waals surface area contributed by atoms with Gasteiger partial charge in [-0.25, -0.2) is 18.4 Å². The standard InChI is InChI=1S/C20H22ClN5O2S/c1-4-26(5-2)29(27,28)17-8-9-19(22-13-17)25-23-12-16-11-15-7-6-14(3)10-18(15)24-20(16)21/h6-13H,4-5H2,1-3H3,(H,22,25)/b23-12+. The van der Waals surface area contributed by atoms with E-state index >= 15 is 0 Å². The second kappa shape index (κ2) is 8.86. The van der Waals surface area contributed by atoms with Crippen molar-refractivity contribution in [3.8, 4) is 0 Å². The van der Waals surface area contributed by atoms with Crippen molar-refractivity contribution in [1.82, 2.24) is 14.3 Å². The number of fused-ring (bicyclic) bond motifs is 1. The van der Waals surface area contributed by atoms with Crippen LogP contribution < -0.4 is 5.43 Å². The lowest BCUT2D eigenvalue weighted by Crippen LogP contribution is -2.30. The molecule has 152 valence electrons. The summed E-state index contributed by atoms with van der Waals surface area (Å²) in [4.78, 5) is 8.67. The number of hydrogen-bond acceptors (Lipinski definition) is 6. The molecule has 7 nitrogen and oxygen atoms in total. The third kappa shape index (κ3) is 4.72. The van der Waals surface area contributed by atoms with E-state index in [1.54, 1.807) is 26.1 Å². The summed E-state index contributed by atoms with van der Waals surface area (Å²) in [6.45, 7) is 6.41. The first-order valence-electron chi connectivity index (χ1n) is 9.17. The van der Waals surface area contributed by atoms with Crippen LogP contribution in [0.25, 0.3) is 10.9 Å². The van der Waals surface area contributed by atoms with Gasteiger partial charge in [-0.3, -0.25) is 5.43 Å². The Balaban J connectivity index is 1.75. The molecule has 0 aliphatic carbocycles. The average molecular weight is 432 g/mol. The number of nitrogens with one attached hydrogen (secondary N) is 1. The Labute approximate surface area is 175 Å². The first kappa shape index (κ1) is 21.2. The van der Waals surface area contributed by atoms with Crippen LogP contribution in [0.1, 0.15) is 25.0 Å². The molecule has 0 fully saturated rings. The Morgan fingerprint density at radius 3 is 2.59 bits per heavy atom. The largest absolute Gasteiger partial charge is 0.261 e. The van der Waals surface area contributed by atoms with Crippen LogP contribution in [0, 0.1) is 6.92 Å². The Bertz CT molecular complexity index is 1140. The van der Waals surface area contributed by atoms with Crippen LogP contribution in [-0.4, -0.2) is 42.0 Å². The van der Waals surface area contributed by atoms with Crippen LogP contribution in [0.3, 0.4) is 0 Å². The number of nitrogens with zero attached hydrogens (tertiary/aromatic N) is 4. The molecule has 0 amide bonds. The van der Waals surface area contributed by atoms with Crippen molar-refractivity contribution in [2.24, 2.45) is 5.10 Å². The molecule has 2 aromatic heterocycles. The minimum Gasteiger partial charge on any atom is -0.261 e. The summed E-state index contributed by atoms with van der Waals surface area (Å²) < 4.78 is 26.3. The summed E-state index contributed by atoms with van der Waals surface area (Å²) >= 11 is 6.25. The topological polar surface area (TPSA) is 87.5 Å². The maximum absolute atomic E-state index is 12.5. The van der Waals surface area contributed by atoms with Gasteiger partial charge < -0.3 is 0 Å². The Kier molecular flexibility index (Phi) is 6.46. The first-order valence-corrected chi connectivity index (χ1v) is 11.0. The van der Waals surface area contributed by atoms with Gasteiger partial charge in [0.05, 0.1) is 11.7 Å². The van der Waals surface area contributed by atoms with E-state index in [1.807, 2.05) is 31.2 Å². The Morgan fingerprint density at radius 2 is 1.93 bits per heavy atom. The average Bonchev–Trinajstić information content (AvgIpc) is 2.69. The van der Waals surface area contributed by atoms with Crippen molar-refractivity contribution in [2.45, 2.75) is 25.7 Å². The molecule has 3 rings (SSSR count). The molecule has 0 atom stereocenters. The minimum absolute atomic E-state index is 0.146. The molecule has 0 unspecified atom stereocenters. The van der Waals surface area contributed by atoms with Crippen molar-refractivity contribution in [3.05, 3.63) is 58.9 Å². The molecule has 1 aromatic carbocycles. The van der Waals surface area contributed by atoms with Crippen molar-refractivity contribution in [2.75, 3.05) is 18.5 Å². The lowest BCUT2D eigenvalue weighted by atomic mass is 10.1. The lowest BCUT2D eigenvalue weighted by Gasteiger charge is -2.18. The van der Waals surface area contributed by atoms with Crippen molar-refractivity contribution >= 4 is 44.6 Å². The highest BCUT2D eigenvalue weighted by molar-refractivity contribution is 7.89. The van der Waals surface area contributed by atoms with E-state index in [-0.39, 0.29) is 4.90 Å². The molecule has 2 heterocycles. The summed E-state index contributed by atoms with van der Waals surface area (Å²) in [5, 5.41) is 5.45. The molecule has 0 bridgehead atoms. The summed E-state index contributed by atoms with van der Waals surface area (Å²) in [6.07, 6.45) is 2.87. The molecule has 1 N–H and O–H groups in total. The number of benzene rings is 1. The molecule has 0 aliphatic rings. The number of aromatic nitrogens is 2. The van der Waals surface area contributed by atoms with E-state index in [2.05, 4.69) is 20.5 Å². The summed E-state index contributed by atoms with van der Waals surface area (Å²) in [5.41, 5.74) is 5.38. The zero-order valence-corrected chi connectivity index (χ0v) is 18.0. The van der Waals surface area contributed by atoms with Gasteiger partial charge in [0.2, 0.25) is 10.0 Å². The zero-order chi connectivity index (χ0) is 21.0. The molecule has 0 saturated heterocycles. The number of halogens is 1. The fourth-order valence-electron chi connectivity index (χ4n) is 2.84. The van der Waals surface area contributed by atoms with Crippen LogP contribution in [-0.2, 0) is 10.0 Å². The van der Waals surface area contributed by atoms with Gasteiger partial charge in [0.25, 0.3) is 0 Å². The highest BCUT2D eigenvalue weighted by Crippen LogP contribution is 2.21. The third-order valence-electron chi connectivity index (χ3n) is 4.42. The van der Waals surface area contributed by atoms with Crippen molar-refractivity contribution in [3.63, 3.8) is 0 Å². The molecule has 0 saturated carbocycles. The smallest absolute Gasteiger partial charge is 0.244 e. The highest BCUT2D eigenvalue weighted by Gasteiger charge is 2.21. The number of aryl methyl sites for hydroxylation is 1. The van der Waals surface area contributed by atoms with Gasteiger partial charge in [0.1, 0.15) is 15.9 Å². The van der Waals surface area contributed by atoms with Gasteiger partial charge >= 0.3 is 0 Å². The van der Waals surface area contributed by atoms with Gasteiger partial charge in [-0.05, 0) is 36.8 Å². The fraction of sp³-hybridized carbons (Fsp3) is 0.250. The molecule has 0 spiro atoms. The maximum atomic E-state index is 12.5. The normalized spacial score (nSPS) is 12.2. The van der Waals surface area contributed by atoms with Gasteiger partial charge in [0.15, 0.2) is 0 Å². The van der Waals surface area contributed by atoms with Crippen LogP contribution >= 0.6 is 11.6 Å². The van der Waals surface area contributed by atoms with Gasteiger partial charge in [0, 0.05) is 30.2 Å². The van der Waals surface area contributed by atoms with Gasteiger partial charge in [-0.1, -0.05) is 37.6 Å². The molecular weight excluding hydrogens is 410 g/mol. The van der Waals surface area contributed by atoms with E-state index < -0.39 is 10.0 Å². The SMILES string of the molecule is CCN(CC)S(=O)(=O)c1ccc(N/N=C/c2cc3ccc(C)cc3nc2Cl)nc1. The zero-order valence-electron chi connectivity index (χ0n) is 16.4. The number of anilines is 1. The highest BCUT2D eigenvalue weighted by atomic mass is 35.5. The summed E-state index contributed by atoms with van der Waals surface area (Å²) in [6, 6.07) is 10.9. The summed E-state index contributed by atoms with van der Waals surface area (Å²) in [7, 11) is -3.53. The van der Waals surface area contributed by atoms with Crippen molar-refractivity contribution in [1.29, 1.82) is 0 Å². The molecule has 0 aliphatic heterocycles. The van der Waals surface area contributed by atoms with Gasteiger partial charge in [-0.15, -0.1) is 0 Å². The van der Waals surface area contributed by atoms with E-state index in [4.69, 9.17) is 11.6 Å². The number of rotatable bonds is 7. The van der Waals surface area contributed by atoms with Crippen LogP contribution in [0.5, 0.6) is 0 Å². The number of hydrogen-bond donors (Lipinski definition) is 1. The number of pyridine rings is 2. The Morgan fingerprint density at radius 1 is 1.17 bits per heavy atom. The molecule has 0 radical (unpaired) electrons. The minimum atomic E-state index is -3.53. The fourth-order valence-corrected chi connectivity index (χ4v) is 4.44. The van der Waals surface area contributed by atoms with Gasteiger partial charge in [-0.2, -0.15) is 9.41 Å². The predicted molar refractivity (Wildman–Crippen MR) is 117 cm³/mol. The summed E-state index contributed by atoms with van der Waals surface area (Å²) in [5.74, 6) is 0.417. The van der Waals surface area contributed by atoms with E-state index in [1.165, 1.54) is 16.6 Å². The second-order valence-electron chi connectivity index (χ2n) is 6.40. The van der Waals surface area contributed by atoms with Crippen LogP contribution in [0.4, 0.5) is 5.82 Å². The monoisotopic (exact) mass is 431 g/mol. The molecule has 9 heteroatoms. The second-order valence-corrected chi connectivity index (χ2v) is 8.70. The number of sulfonamides is 1. The lowest BCUT2D eigenvalue weighted by molar-refractivity contribution is 0.445. The first-order chi connectivity index (χ1) is 13.8. The quantitative estimate of drug-likeness (QED) is 0.346. The predicted octanol–water partition coefficient (Wildman–Crippen LogP) is 4.07. The van der Waals surface area contributed by atoms with E-state index in [0.29, 0.717) is 29.6 Å². The molecular formula is C20H22ClN5O2S. The van der Waals surface area contributed by atoms with Crippen molar-refractivity contribution < 1.29 is 8.42 Å². The maximum Gasteiger partial charge on any atom is 0.244 e. The van der Waals surface area contributed by atoms with Crippen LogP contribution in [0.15, 0.2) is 52.6 Å².